The zero-order valence-corrected chi connectivity index (χ0v) is 48.8. The van der Waals surface area contributed by atoms with Crippen LogP contribution < -0.4 is 26.2 Å². The fourth-order valence-corrected chi connectivity index (χ4v) is 15.2. The highest BCUT2D eigenvalue weighted by molar-refractivity contribution is 7.26. The van der Waals surface area contributed by atoms with E-state index in [4.69, 9.17) is 6.85 Å². The van der Waals surface area contributed by atoms with Crippen molar-refractivity contribution in [1.82, 2.24) is 9.13 Å². The molecule has 2 aliphatic rings. The monoisotopic (exact) mass is 1150 g/mol. The minimum Gasteiger partial charge on any atom is -0.310 e. The van der Waals surface area contributed by atoms with Crippen LogP contribution in [0.1, 0.15) is 44.2 Å². The number of fused-ring (bicyclic) bond motifs is 13. The summed E-state index contributed by atoms with van der Waals surface area (Å²) in [5.41, 5.74) is 15.0. The van der Waals surface area contributed by atoms with E-state index >= 15 is 0 Å². The van der Waals surface area contributed by atoms with Crippen LogP contribution in [-0.4, -0.2) is 15.8 Å². The number of hydrogen-bond donors (Lipinski definition) is 0. The summed E-state index contributed by atoms with van der Waals surface area (Å²) in [6, 6.07) is 67.2. The van der Waals surface area contributed by atoms with Crippen LogP contribution in [0.5, 0.6) is 0 Å². The molecular weight excluding hydrogens is 1080 g/mol. The van der Waals surface area contributed by atoms with Gasteiger partial charge in [-0.05, 0) is 128 Å². The third-order valence-corrected chi connectivity index (χ3v) is 19.1. The molecule has 0 fully saturated rings. The number of thiophene rings is 1. The first-order valence-corrected chi connectivity index (χ1v) is 30.4. The van der Waals surface area contributed by atoms with Gasteiger partial charge in [-0.15, -0.1) is 11.3 Å². The molecule has 0 spiro atoms. The highest BCUT2D eigenvalue weighted by atomic mass is 32.1. The Labute approximate surface area is 534 Å². The normalized spacial score (nSPS) is 14.9. The topological polar surface area (TPSA) is 16.3 Å². The molecule has 414 valence electrons. The van der Waals surface area contributed by atoms with Crippen LogP contribution in [0.4, 0.5) is 34.1 Å². The largest absolute Gasteiger partial charge is 0.310 e. The van der Waals surface area contributed by atoms with Crippen LogP contribution in [0.3, 0.4) is 0 Å². The fraction of sp³-hybridized carbons (Fsp3) is 0.0488. The Bertz CT molecular complexity index is 6220. The molecule has 0 atom stereocenters. The van der Waals surface area contributed by atoms with Gasteiger partial charge in [0.1, 0.15) is 0 Å². The van der Waals surface area contributed by atoms with Gasteiger partial charge in [0, 0.05) is 87.0 Å². The van der Waals surface area contributed by atoms with E-state index in [2.05, 4.69) is 156 Å². The first-order chi connectivity index (χ1) is 48.7. The van der Waals surface area contributed by atoms with Crippen molar-refractivity contribution in [3.8, 4) is 44.8 Å². The fourth-order valence-electron chi connectivity index (χ4n) is 14.1. The second kappa shape index (κ2) is 19.4. The van der Waals surface area contributed by atoms with Crippen molar-refractivity contribution < 1.29 is 17.8 Å². The van der Waals surface area contributed by atoms with E-state index in [0.29, 0.717) is 22.6 Å². The number of hydrogen-bond acceptors (Lipinski definition) is 3. The molecular formula is C82H57BN4S. The zero-order chi connectivity index (χ0) is 69.7. The van der Waals surface area contributed by atoms with Crippen molar-refractivity contribution in [2.75, 3.05) is 9.80 Å². The van der Waals surface area contributed by atoms with Crippen LogP contribution in [0.15, 0.2) is 291 Å². The quantitative estimate of drug-likeness (QED) is 0.148. The van der Waals surface area contributed by atoms with E-state index in [-0.39, 0.29) is 39.5 Å². The molecule has 88 heavy (non-hydrogen) atoms. The smallest absolute Gasteiger partial charge is 0.252 e. The van der Waals surface area contributed by atoms with Crippen molar-refractivity contribution in [3.63, 3.8) is 0 Å². The molecule has 6 heteroatoms. The minimum atomic E-state index is -0.647. The van der Waals surface area contributed by atoms with Gasteiger partial charge in [-0.25, -0.2) is 0 Å². The van der Waals surface area contributed by atoms with Gasteiger partial charge in [0.2, 0.25) is 0 Å². The maximum absolute atomic E-state index is 9.73. The number of benzene rings is 13. The van der Waals surface area contributed by atoms with Crippen LogP contribution in [0, 0.1) is 0 Å². The van der Waals surface area contributed by atoms with E-state index < -0.39 is 78.6 Å². The molecule has 13 aromatic carbocycles. The summed E-state index contributed by atoms with van der Waals surface area (Å²) in [5.74, 6) is 0. The Balaban J connectivity index is 1.06. The summed E-state index contributed by atoms with van der Waals surface area (Å²) in [4.78, 5) is 4.75. The van der Waals surface area contributed by atoms with Crippen molar-refractivity contribution >= 4 is 132 Å². The predicted octanol–water partition coefficient (Wildman–Crippen LogP) is 20.6. The standard InChI is InChI=1S/C82H57BN4S/c1-82(2,3)56-49-73-79-74(50-56)87(81-60(54-28-12-6-13-29-54)43-47-76-78(81)64-35-19-23-39-75(64)88-76)72-51-58(85-67-36-20-16-32-61(67)62-33-17-21-37-68(62)85)41-45-66(72)83(79)65-44-40-55(52-24-8-4-9-25-52)48-71(65)86(73)80-59(53-26-10-5-11-27-53)42-46-70-77(80)63-34-18-22-38-69(63)84(70)57-30-14-7-15-31-57/h4-51H,1-3H3/i4D,8D,9D,16D,17D,20D,21D,24D,25D,32D,33D,36D,37D. The number of aromatic nitrogens is 2. The predicted molar refractivity (Wildman–Crippen MR) is 377 cm³/mol. The van der Waals surface area contributed by atoms with Gasteiger partial charge in [0.25, 0.3) is 6.71 Å². The van der Waals surface area contributed by atoms with Crippen LogP contribution in [0.2, 0.25) is 0 Å². The number of para-hydroxylation sites is 4. The van der Waals surface area contributed by atoms with E-state index in [9.17, 15) is 11.0 Å². The minimum absolute atomic E-state index is 0.00947. The lowest BCUT2D eigenvalue weighted by Crippen LogP contribution is -2.61. The van der Waals surface area contributed by atoms with Gasteiger partial charge in [0.05, 0.1) is 51.3 Å². The van der Waals surface area contributed by atoms with E-state index in [1.807, 2.05) is 91.0 Å². The third kappa shape index (κ3) is 7.52. The van der Waals surface area contributed by atoms with E-state index in [1.165, 1.54) is 0 Å². The zero-order valence-electron chi connectivity index (χ0n) is 61.0. The Hall–Kier alpha value is -10.7. The molecule has 0 amide bonds. The van der Waals surface area contributed by atoms with E-state index in [1.54, 1.807) is 15.9 Å². The lowest BCUT2D eigenvalue weighted by atomic mass is 9.33. The molecule has 0 bridgehead atoms. The second-order valence-corrected chi connectivity index (χ2v) is 24.9. The Morgan fingerprint density at radius 2 is 0.909 bits per heavy atom. The first-order valence-electron chi connectivity index (χ1n) is 36.0. The van der Waals surface area contributed by atoms with Crippen molar-refractivity contribution in [2.24, 2.45) is 0 Å². The molecule has 5 heterocycles. The lowest BCUT2D eigenvalue weighted by molar-refractivity contribution is 0.590. The molecule has 0 N–H and O–H groups in total. The molecule has 2 aliphatic heterocycles. The maximum Gasteiger partial charge on any atom is 0.252 e. The van der Waals surface area contributed by atoms with Crippen LogP contribution >= 0.6 is 11.3 Å². The molecule has 16 aromatic rings. The van der Waals surface area contributed by atoms with Crippen LogP contribution in [-0.2, 0) is 5.41 Å². The van der Waals surface area contributed by atoms with Gasteiger partial charge in [-0.3, -0.25) is 0 Å². The molecule has 0 radical (unpaired) electrons. The number of anilines is 6. The molecule has 0 saturated heterocycles. The average Bonchev–Trinajstić information content (AvgIpc) is 1.61. The summed E-state index contributed by atoms with van der Waals surface area (Å²) in [7, 11) is 0. The van der Waals surface area contributed by atoms with Gasteiger partial charge in [-0.2, -0.15) is 0 Å². The van der Waals surface area contributed by atoms with Gasteiger partial charge in [-0.1, -0.05) is 233 Å². The summed E-state index contributed by atoms with van der Waals surface area (Å²) < 4.78 is 127. The highest BCUT2D eigenvalue weighted by Gasteiger charge is 2.46. The third-order valence-electron chi connectivity index (χ3n) is 18.0. The molecule has 0 unspecified atom stereocenters. The summed E-state index contributed by atoms with van der Waals surface area (Å²) >= 11 is 1.70. The van der Waals surface area contributed by atoms with Crippen molar-refractivity contribution in [3.05, 3.63) is 296 Å². The SMILES string of the molecule is [2H]c1c([2H])c([2H])c(-c2ccc3c(c2)N(c2c(-c4ccccc4)ccc4c2c2ccccc2n4-c2ccccc2)c2cc(C(C)(C)C)cc4c2B3c2ccc(-n3c5c([2H])c([2H])c([2H])c([2H])c5c5c([2H])c([2H])c([2H])c([2H])c53)cc2N4c2c(-c3ccccc3)ccc3sc4ccccc4c23)c([2H])c1[2H]. The lowest BCUT2D eigenvalue weighted by Gasteiger charge is -2.46. The Kier molecular flexibility index (Phi) is 8.64. The molecule has 18 rings (SSSR count). The van der Waals surface area contributed by atoms with Gasteiger partial charge in [0.15, 0.2) is 0 Å². The second-order valence-electron chi connectivity index (χ2n) is 23.8. The first kappa shape index (κ1) is 39.1. The van der Waals surface area contributed by atoms with Crippen LogP contribution in [0.25, 0.3) is 109 Å². The molecule has 3 aromatic heterocycles. The number of nitrogens with zero attached hydrogens (tertiary/aromatic N) is 4. The average molecular weight is 1150 g/mol. The van der Waals surface area contributed by atoms with E-state index in [0.717, 1.165) is 115 Å². The van der Waals surface area contributed by atoms with Gasteiger partial charge < -0.3 is 18.9 Å². The Morgan fingerprint density at radius 3 is 1.58 bits per heavy atom. The summed E-state index contributed by atoms with van der Waals surface area (Å²) in [6.45, 7) is 5.96. The van der Waals surface area contributed by atoms with Crippen molar-refractivity contribution in [1.29, 1.82) is 0 Å². The maximum atomic E-state index is 9.73. The summed E-state index contributed by atoms with van der Waals surface area (Å²) in [6.07, 6.45) is 0. The number of rotatable bonds is 7. The van der Waals surface area contributed by atoms with Gasteiger partial charge >= 0.3 is 0 Å². The molecule has 0 saturated carbocycles. The Morgan fingerprint density at radius 1 is 0.364 bits per heavy atom. The summed E-state index contributed by atoms with van der Waals surface area (Å²) in [5, 5.41) is 3.86. The highest BCUT2D eigenvalue weighted by Crippen LogP contribution is 2.56. The van der Waals surface area contributed by atoms with Crippen molar-refractivity contribution in [2.45, 2.75) is 26.2 Å². The molecule has 4 nitrogen and oxygen atoms in total. The molecule has 0 aliphatic carbocycles.